The highest BCUT2D eigenvalue weighted by Crippen LogP contribution is 2.29. The Hall–Kier alpha value is -0.280. The number of amides is 1. The monoisotopic (exact) mass is 218 g/mol. The van der Waals surface area contributed by atoms with Crippen LogP contribution in [0.25, 0.3) is 0 Å². The predicted octanol–water partition coefficient (Wildman–Crippen LogP) is 1.22. The van der Waals surface area contributed by atoms with Crippen LogP contribution in [-0.4, -0.2) is 24.0 Å². The molecule has 1 atom stereocenters. The van der Waals surface area contributed by atoms with Gasteiger partial charge < -0.3 is 10.6 Å². The fourth-order valence-corrected chi connectivity index (χ4v) is 2.18. The van der Waals surface area contributed by atoms with E-state index in [0.717, 1.165) is 25.8 Å². The van der Waals surface area contributed by atoms with Crippen LogP contribution in [0.15, 0.2) is 0 Å². The molecule has 0 aromatic rings. The fraction of sp³-hybridized carbons (Fsp3) is 0.900. The van der Waals surface area contributed by atoms with Gasteiger partial charge in [-0.2, -0.15) is 0 Å². The minimum Gasteiger partial charge on any atom is -0.350 e. The summed E-state index contributed by atoms with van der Waals surface area (Å²) in [5.74, 6) is 0.204. The Balaban J connectivity index is 0.000000980. The Kier molecular flexibility index (Phi) is 3.78. The van der Waals surface area contributed by atoms with E-state index in [1.807, 2.05) is 0 Å². The molecule has 1 heterocycles. The molecule has 0 aromatic carbocycles. The van der Waals surface area contributed by atoms with E-state index in [-0.39, 0.29) is 29.9 Å². The minimum absolute atomic E-state index is 0. The Morgan fingerprint density at radius 2 is 2.00 bits per heavy atom. The van der Waals surface area contributed by atoms with Crippen molar-refractivity contribution in [3.05, 3.63) is 0 Å². The maximum absolute atomic E-state index is 11.6. The maximum Gasteiger partial charge on any atom is 0.237 e. The molecule has 1 amide bonds. The zero-order chi connectivity index (χ0) is 9.31. The average molecular weight is 219 g/mol. The summed E-state index contributed by atoms with van der Waals surface area (Å²) in [6.07, 6.45) is 5.81. The summed E-state index contributed by atoms with van der Waals surface area (Å²) in [5.41, 5.74) is 0.0916. The molecule has 82 valence electrons. The number of halogens is 1. The molecule has 2 fully saturated rings. The van der Waals surface area contributed by atoms with Crippen LogP contribution in [0.4, 0.5) is 0 Å². The van der Waals surface area contributed by atoms with Crippen LogP contribution < -0.4 is 10.6 Å². The quantitative estimate of drug-likeness (QED) is 0.732. The van der Waals surface area contributed by atoms with Crippen molar-refractivity contribution < 1.29 is 4.79 Å². The van der Waals surface area contributed by atoms with Gasteiger partial charge in [-0.15, -0.1) is 12.4 Å². The molecule has 2 rings (SSSR count). The Morgan fingerprint density at radius 1 is 1.43 bits per heavy atom. The average Bonchev–Trinajstić information content (AvgIpc) is 2.31. The Labute approximate surface area is 91.4 Å². The van der Waals surface area contributed by atoms with Gasteiger partial charge in [-0.1, -0.05) is 12.8 Å². The SMILES string of the molecule is CC1(NC(=O)[C@H]2CCN2)CCCC1.Cl. The van der Waals surface area contributed by atoms with E-state index in [2.05, 4.69) is 17.6 Å². The van der Waals surface area contributed by atoms with Crippen LogP contribution in [0.1, 0.15) is 39.0 Å². The first-order valence-electron chi connectivity index (χ1n) is 5.25. The number of rotatable bonds is 2. The molecule has 14 heavy (non-hydrogen) atoms. The summed E-state index contributed by atoms with van der Waals surface area (Å²) in [6.45, 7) is 3.16. The topological polar surface area (TPSA) is 41.1 Å². The minimum atomic E-state index is 0. The third kappa shape index (κ3) is 2.39. The molecular weight excluding hydrogens is 200 g/mol. The molecule has 2 aliphatic rings. The number of nitrogens with one attached hydrogen (secondary N) is 2. The second-order valence-electron chi connectivity index (χ2n) is 4.55. The van der Waals surface area contributed by atoms with E-state index in [1.165, 1.54) is 12.8 Å². The number of hydrogen-bond acceptors (Lipinski definition) is 2. The molecule has 3 nitrogen and oxygen atoms in total. The second kappa shape index (κ2) is 4.49. The van der Waals surface area contributed by atoms with Crippen molar-refractivity contribution in [1.82, 2.24) is 10.6 Å². The largest absolute Gasteiger partial charge is 0.350 e. The van der Waals surface area contributed by atoms with Crippen molar-refractivity contribution in [1.29, 1.82) is 0 Å². The molecule has 0 bridgehead atoms. The van der Waals surface area contributed by atoms with Crippen molar-refractivity contribution in [2.45, 2.75) is 50.6 Å². The van der Waals surface area contributed by atoms with Gasteiger partial charge in [0.1, 0.15) is 0 Å². The standard InChI is InChI=1S/C10H18N2O.ClH/c1-10(5-2-3-6-10)12-9(13)8-4-7-11-8;/h8,11H,2-7H2,1H3,(H,12,13);1H/t8-;/m1./s1. The van der Waals surface area contributed by atoms with E-state index in [4.69, 9.17) is 0 Å². The molecule has 0 aromatic heterocycles. The third-order valence-corrected chi connectivity index (χ3v) is 3.27. The lowest BCUT2D eigenvalue weighted by Crippen LogP contribution is -2.57. The lowest BCUT2D eigenvalue weighted by atomic mass is 9.98. The molecule has 1 aliphatic heterocycles. The molecule has 1 aliphatic carbocycles. The van der Waals surface area contributed by atoms with E-state index >= 15 is 0 Å². The summed E-state index contributed by atoms with van der Waals surface area (Å²) < 4.78 is 0. The number of hydrogen-bond donors (Lipinski definition) is 2. The van der Waals surface area contributed by atoms with Crippen LogP contribution in [0.3, 0.4) is 0 Å². The molecule has 1 saturated heterocycles. The number of carbonyl (C=O) groups is 1. The van der Waals surface area contributed by atoms with Crippen LogP contribution in [0, 0.1) is 0 Å². The smallest absolute Gasteiger partial charge is 0.237 e. The van der Waals surface area contributed by atoms with E-state index in [9.17, 15) is 4.79 Å². The van der Waals surface area contributed by atoms with Crippen LogP contribution in [-0.2, 0) is 4.79 Å². The van der Waals surface area contributed by atoms with Crippen molar-refractivity contribution >= 4 is 18.3 Å². The van der Waals surface area contributed by atoms with Crippen molar-refractivity contribution in [2.75, 3.05) is 6.54 Å². The second-order valence-corrected chi connectivity index (χ2v) is 4.55. The normalized spacial score (nSPS) is 28.8. The van der Waals surface area contributed by atoms with Gasteiger partial charge in [-0.3, -0.25) is 4.79 Å². The van der Waals surface area contributed by atoms with Crippen LogP contribution in [0.2, 0.25) is 0 Å². The van der Waals surface area contributed by atoms with Gasteiger partial charge >= 0.3 is 0 Å². The van der Waals surface area contributed by atoms with Crippen LogP contribution >= 0.6 is 12.4 Å². The van der Waals surface area contributed by atoms with Crippen molar-refractivity contribution in [3.8, 4) is 0 Å². The first kappa shape index (κ1) is 11.8. The van der Waals surface area contributed by atoms with Gasteiger partial charge in [-0.25, -0.2) is 0 Å². The highest BCUT2D eigenvalue weighted by molar-refractivity contribution is 5.85. The maximum atomic E-state index is 11.6. The molecule has 0 unspecified atom stereocenters. The summed E-state index contributed by atoms with van der Waals surface area (Å²) in [5, 5.41) is 6.28. The lowest BCUT2D eigenvalue weighted by Gasteiger charge is -2.32. The Bertz CT molecular complexity index is 210. The van der Waals surface area contributed by atoms with Crippen LogP contribution in [0.5, 0.6) is 0 Å². The van der Waals surface area contributed by atoms with Crippen molar-refractivity contribution in [3.63, 3.8) is 0 Å². The molecule has 1 saturated carbocycles. The molecular formula is C10H19ClN2O. The van der Waals surface area contributed by atoms with Gasteiger partial charge in [-0.05, 0) is 32.7 Å². The zero-order valence-electron chi connectivity index (χ0n) is 8.64. The third-order valence-electron chi connectivity index (χ3n) is 3.27. The van der Waals surface area contributed by atoms with Crippen molar-refractivity contribution in [2.24, 2.45) is 0 Å². The lowest BCUT2D eigenvalue weighted by molar-refractivity contribution is -0.126. The molecule has 0 spiro atoms. The predicted molar refractivity (Wildman–Crippen MR) is 58.7 cm³/mol. The van der Waals surface area contributed by atoms with Gasteiger partial charge in [0.2, 0.25) is 5.91 Å². The van der Waals surface area contributed by atoms with Gasteiger partial charge in [0.15, 0.2) is 0 Å². The highest BCUT2D eigenvalue weighted by atomic mass is 35.5. The summed E-state index contributed by atoms with van der Waals surface area (Å²) >= 11 is 0. The van der Waals surface area contributed by atoms with Gasteiger partial charge in [0.05, 0.1) is 6.04 Å². The van der Waals surface area contributed by atoms with Gasteiger partial charge in [0.25, 0.3) is 0 Å². The van der Waals surface area contributed by atoms with E-state index in [0.29, 0.717) is 0 Å². The first-order valence-corrected chi connectivity index (χ1v) is 5.25. The Morgan fingerprint density at radius 3 is 2.43 bits per heavy atom. The fourth-order valence-electron chi connectivity index (χ4n) is 2.18. The molecule has 0 radical (unpaired) electrons. The molecule has 4 heteroatoms. The van der Waals surface area contributed by atoms with Gasteiger partial charge in [0, 0.05) is 5.54 Å². The summed E-state index contributed by atoms with van der Waals surface area (Å²) in [6, 6.07) is 0.0948. The highest BCUT2D eigenvalue weighted by Gasteiger charge is 2.33. The summed E-state index contributed by atoms with van der Waals surface area (Å²) in [7, 11) is 0. The number of carbonyl (C=O) groups excluding carboxylic acids is 1. The van der Waals surface area contributed by atoms with E-state index in [1.54, 1.807) is 0 Å². The van der Waals surface area contributed by atoms with E-state index < -0.39 is 0 Å². The first-order chi connectivity index (χ1) is 6.20. The summed E-state index contributed by atoms with van der Waals surface area (Å²) in [4.78, 5) is 11.6. The molecule has 2 N–H and O–H groups in total. The zero-order valence-corrected chi connectivity index (χ0v) is 9.45.